The molecular formula is C11H20O4. The van der Waals surface area contributed by atoms with Gasteiger partial charge in [0.15, 0.2) is 6.10 Å². The van der Waals surface area contributed by atoms with E-state index in [-0.39, 0.29) is 5.92 Å². The van der Waals surface area contributed by atoms with E-state index >= 15 is 0 Å². The molecule has 0 aromatic heterocycles. The molecule has 88 valence electrons. The lowest BCUT2D eigenvalue weighted by Crippen LogP contribution is -2.42. The van der Waals surface area contributed by atoms with E-state index < -0.39 is 18.2 Å². The maximum Gasteiger partial charge on any atom is 0.337 e. The third kappa shape index (κ3) is 3.18. The van der Waals surface area contributed by atoms with Crippen molar-refractivity contribution in [3.05, 3.63) is 0 Å². The Kier molecular flexibility index (Phi) is 5.05. The number of methoxy groups -OCH3 is 2. The second-order valence-electron chi connectivity index (χ2n) is 4.07. The highest BCUT2D eigenvalue weighted by molar-refractivity contribution is 5.75. The average molecular weight is 216 g/mol. The van der Waals surface area contributed by atoms with E-state index in [9.17, 15) is 9.90 Å². The van der Waals surface area contributed by atoms with Gasteiger partial charge in [0.1, 0.15) is 0 Å². The van der Waals surface area contributed by atoms with Crippen molar-refractivity contribution in [1.29, 1.82) is 0 Å². The van der Waals surface area contributed by atoms with Crippen LogP contribution in [0.2, 0.25) is 0 Å². The molecule has 0 spiro atoms. The number of hydrogen-bond donors (Lipinski definition) is 1. The molecule has 2 atom stereocenters. The molecule has 0 heterocycles. The molecule has 0 saturated heterocycles. The molecule has 15 heavy (non-hydrogen) atoms. The standard InChI is InChI=1S/C11H20O4/c1-14-10(11(13)15-2)9(12)8-6-4-3-5-7-8/h8-10,12H,3-7H2,1-2H3. The van der Waals surface area contributed by atoms with Gasteiger partial charge in [-0.3, -0.25) is 0 Å². The molecule has 1 fully saturated rings. The van der Waals surface area contributed by atoms with E-state index in [1.54, 1.807) is 0 Å². The van der Waals surface area contributed by atoms with Crippen LogP contribution in [0.1, 0.15) is 32.1 Å². The van der Waals surface area contributed by atoms with E-state index in [4.69, 9.17) is 4.74 Å². The number of rotatable bonds is 4. The maximum absolute atomic E-state index is 11.3. The minimum atomic E-state index is -0.835. The van der Waals surface area contributed by atoms with Crippen LogP contribution in [-0.2, 0) is 14.3 Å². The van der Waals surface area contributed by atoms with Gasteiger partial charge in [0.2, 0.25) is 0 Å². The van der Waals surface area contributed by atoms with Crippen molar-refractivity contribution >= 4 is 5.97 Å². The minimum absolute atomic E-state index is 0.169. The Labute approximate surface area is 90.6 Å². The molecule has 2 unspecified atom stereocenters. The summed E-state index contributed by atoms with van der Waals surface area (Å²) in [6.45, 7) is 0. The molecular weight excluding hydrogens is 196 g/mol. The van der Waals surface area contributed by atoms with Gasteiger partial charge in [0, 0.05) is 7.11 Å². The Morgan fingerprint density at radius 3 is 2.33 bits per heavy atom. The van der Waals surface area contributed by atoms with E-state index in [2.05, 4.69) is 4.74 Å². The number of carbonyl (C=O) groups excluding carboxylic acids is 1. The van der Waals surface area contributed by atoms with Crippen LogP contribution in [0.15, 0.2) is 0 Å². The highest BCUT2D eigenvalue weighted by Crippen LogP contribution is 2.28. The van der Waals surface area contributed by atoms with Crippen molar-refractivity contribution in [2.24, 2.45) is 5.92 Å². The summed E-state index contributed by atoms with van der Waals surface area (Å²) in [5, 5.41) is 10.0. The summed E-state index contributed by atoms with van der Waals surface area (Å²) in [5.74, 6) is -0.321. The number of carbonyl (C=O) groups is 1. The molecule has 1 N–H and O–H groups in total. The summed E-state index contributed by atoms with van der Waals surface area (Å²) in [4.78, 5) is 11.3. The molecule has 4 heteroatoms. The van der Waals surface area contributed by atoms with Gasteiger partial charge in [0.05, 0.1) is 13.2 Å². The van der Waals surface area contributed by atoms with Crippen LogP contribution in [0.4, 0.5) is 0 Å². The van der Waals surface area contributed by atoms with Crippen molar-refractivity contribution in [2.75, 3.05) is 14.2 Å². The summed E-state index contributed by atoms with van der Waals surface area (Å²) in [5.41, 5.74) is 0. The molecule has 0 aromatic rings. The van der Waals surface area contributed by atoms with Gasteiger partial charge in [-0.15, -0.1) is 0 Å². The summed E-state index contributed by atoms with van der Waals surface area (Å²) in [7, 11) is 2.73. The van der Waals surface area contributed by atoms with Gasteiger partial charge in [-0.1, -0.05) is 19.3 Å². The van der Waals surface area contributed by atoms with Gasteiger partial charge in [-0.25, -0.2) is 4.79 Å². The zero-order valence-electron chi connectivity index (χ0n) is 9.44. The molecule has 1 saturated carbocycles. The lowest BCUT2D eigenvalue weighted by molar-refractivity contribution is -0.162. The zero-order valence-corrected chi connectivity index (χ0v) is 9.44. The second-order valence-corrected chi connectivity index (χ2v) is 4.07. The van der Waals surface area contributed by atoms with Crippen LogP contribution in [-0.4, -0.2) is 37.5 Å². The Balaban J connectivity index is 2.54. The number of aliphatic hydroxyl groups excluding tert-OH is 1. The lowest BCUT2D eigenvalue weighted by Gasteiger charge is -2.30. The van der Waals surface area contributed by atoms with Gasteiger partial charge in [-0.2, -0.15) is 0 Å². The van der Waals surface area contributed by atoms with E-state index in [0.717, 1.165) is 25.7 Å². The normalized spacial score (nSPS) is 22.1. The Morgan fingerprint density at radius 2 is 1.87 bits per heavy atom. The summed E-state index contributed by atoms with van der Waals surface area (Å²) in [6, 6.07) is 0. The molecule has 0 aliphatic heterocycles. The summed E-state index contributed by atoms with van der Waals surface area (Å²) < 4.78 is 9.58. The molecule has 1 rings (SSSR count). The first-order valence-electron chi connectivity index (χ1n) is 5.49. The number of ether oxygens (including phenoxy) is 2. The van der Waals surface area contributed by atoms with Crippen LogP contribution in [0.25, 0.3) is 0 Å². The minimum Gasteiger partial charge on any atom is -0.467 e. The maximum atomic E-state index is 11.3. The topological polar surface area (TPSA) is 55.8 Å². The monoisotopic (exact) mass is 216 g/mol. The van der Waals surface area contributed by atoms with Crippen molar-refractivity contribution < 1.29 is 19.4 Å². The number of aliphatic hydroxyl groups is 1. The van der Waals surface area contributed by atoms with Crippen molar-refractivity contribution in [1.82, 2.24) is 0 Å². The number of esters is 1. The fourth-order valence-corrected chi connectivity index (χ4v) is 2.21. The SMILES string of the molecule is COC(=O)C(OC)C(O)C1CCCCC1. The second kappa shape index (κ2) is 6.08. The zero-order chi connectivity index (χ0) is 11.3. The highest BCUT2D eigenvalue weighted by atomic mass is 16.6. The van der Waals surface area contributed by atoms with Crippen LogP contribution >= 0.6 is 0 Å². The first-order valence-corrected chi connectivity index (χ1v) is 5.49. The molecule has 4 nitrogen and oxygen atoms in total. The van der Waals surface area contributed by atoms with Gasteiger partial charge >= 0.3 is 5.97 Å². The highest BCUT2D eigenvalue weighted by Gasteiger charge is 2.34. The summed E-state index contributed by atoms with van der Waals surface area (Å²) in [6.07, 6.45) is 3.84. The van der Waals surface area contributed by atoms with Crippen molar-refractivity contribution in [3.63, 3.8) is 0 Å². The quantitative estimate of drug-likeness (QED) is 0.715. The first-order chi connectivity index (χ1) is 7.20. The van der Waals surface area contributed by atoms with Crippen molar-refractivity contribution in [2.45, 2.75) is 44.3 Å². The largest absolute Gasteiger partial charge is 0.467 e. The first kappa shape index (κ1) is 12.5. The van der Waals surface area contributed by atoms with E-state index in [1.165, 1.54) is 20.6 Å². The molecule has 0 radical (unpaired) electrons. The predicted octanol–water partition coefficient (Wildman–Crippen LogP) is 1.12. The smallest absolute Gasteiger partial charge is 0.337 e. The van der Waals surface area contributed by atoms with Gasteiger partial charge in [-0.05, 0) is 18.8 Å². The van der Waals surface area contributed by atoms with Crippen molar-refractivity contribution in [3.8, 4) is 0 Å². The van der Waals surface area contributed by atoms with E-state index in [1.807, 2.05) is 0 Å². The van der Waals surface area contributed by atoms with Crippen LogP contribution in [0.3, 0.4) is 0 Å². The van der Waals surface area contributed by atoms with Crippen LogP contribution < -0.4 is 0 Å². The van der Waals surface area contributed by atoms with Gasteiger partial charge < -0.3 is 14.6 Å². The molecule has 0 aromatic carbocycles. The fourth-order valence-electron chi connectivity index (χ4n) is 2.21. The Morgan fingerprint density at radius 1 is 1.27 bits per heavy atom. The summed E-state index contributed by atoms with van der Waals surface area (Å²) >= 11 is 0. The third-order valence-electron chi connectivity index (χ3n) is 3.13. The average Bonchev–Trinajstić information content (AvgIpc) is 2.30. The van der Waals surface area contributed by atoms with Crippen LogP contribution in [0.5, 0.6) is 0 Å². The molecule has 1 aliphatic rings. The Bertz CT molecular complexity index is 199. The molecule has 1 aliphatic carbocycles. The predicted molar refractivity (Wildman–Crippen MR) is 55.4 cm³/mol. The molecule has 0 amide bonds. The lowest BCUT2D eigenvalue weighted by atomic mass is 9.83. The van der Waals surface area contributed by atoms with Crippen LogP contribution in [0, 0.1) is 5.92 Å². The Hall–Kier alpha value is -0.610. The fraction of sp³-hybridized carbons (Fsp3) is 0.909. The molecule has 0 bridgehead atoms. The van der Waals surface area contributed by atoms with Gasteiger partial charge in [0.25, 0.3) is 0 Å². The third-order valence-corrected chi connectivity index (χ3v) is 3.13. The van der Waals surface area contributed by atoms with E-state index in [0.29, 0.717) is 0 Å². The number of hydrogen-bond acceptors (Lipinski definition) is 4.